The minimum atomic E-state index is -3.95. The molecule has 32 heavy (non-hydrogen) atoms. The predicted octanol–water partition coefficient (Wildman–Crippen LogP) is 2.84. The summed E-state index contributed by atoms with van der Waals surface area (Å²) in [6.07, 6.45) is 2.50. The molecule has 1 aliphatic heterocycles. The standard InChI is InChI=1S/C24H26N2O5S/c1-19-9-11-23(12-10-19)32(28,29)30-17-22-16-26(15-20-6-3-2-4-7-20)18-24(27,31-22)21-8-5-13-25-14-21/h2-14,22,27H,15-18H2,1H3. The van der Waals surface area contributed by atoms with Crippen molar-refractivity contribution in [3.63, 3.8) is 0 Å². The van der Waals surface area contributed by atoms with E-state index in [9.17, 15) is 13.5 Å². The van der Waals surface area contributed by atoms with Crippen molar-refractivity contribution in [3.8, 4) is 0 Å². The zero-order valence-electron chi connectivity index (χ0n) is 17.8. The Morgan fingerprint density at radius 1 is 1.12 bits per heavy atom. The lowest BCUT2D eigenvalue weighted by molar-refractivity contribution is -0.281. The van der Waals surface area contributed by atoms with Crippen molar-refractivity contribution in [1.29, 1.82) is 0 Å². The van der Waals surface area contributed by atoms with Gasteiger partial charge in [0.25, 0.3) is 10.1 Å². The van der Waals surface area contributed by atoms with E-state index in [0.717, 1.165) is 11.1 Å². The van der Waals surface area contributed by atoms with Crippen LogP contribution >= 0.6 is 0 Å². The maximum atomic E-state index is 12.6. The summed E-state index contributed by atoms with van der Waals surface area (Å²) in [5.74, 6) is -1.64. The fraction of sp³-hybridized carbons (Fsp3) is 0.292. The zero-order valence-corrected chi connectivity index (χ0v) is 18.6. The molecule has 0 saturated carbocycles. The third-order valence-electron chi connectivity index (χ3n) is 5.34. The molecule has 0 radical (unpaired) electrons. The monoisotopic (exact) mass is 454 g/mol. The van der Waals surface area contributed by atoms with Gasteiger partial charge < -0.3 is 9.84 Å². The largest absolute Gasteiger partial charge is 0.361 e. The molecule has 2 heterocycles. The highest BCUT2D eigenvalue weighted by molar-refractivity contribution is 7.86. The molecule has 8 heteroatoms. The molecule has 1 aliphatic rings. The van der Waals surface area contributed by atoms with Crippen molar-refractivity contribution in [3.05, 3.63) is 95.8 Å². The van der Waals surface area contributed by atoms with E-state index in [2.05, 4.69) is 4.98 Å². The maximum absolute atomic E-state index is 12.6. The van der Waals surface area contributed by atoms with Crippen LogP contribution in [-0.4, -0.2) is 49.2 Å². The molecule has 1 saturated heterocycles. The van der Waals surface area contributed by atoms with Crippen LogP contribution in [0, 0.1) is 6.92 Å². The van der Waals surface area contributed by atoms with E-state index in [0.29, 0.717) is 18.7 Å². The lowest BCUT2D eigenvalue weighted by Crippen LogP contribution is -2.54. The Bertz CT molecular complexity index is 1120. The molecule has 2 unspecified atom stereocenters. The van der Waals surface area contributed by atoms with Crippen LogP contribution in [0.4, 0.5) is 0 Å². The molecule has 1 fully saturated rings. The van der Waals surface area contributed by atoms with Crippen molar-refractivity contribution in [1.82, 2.24) is 9.88 Å². The van der Waals surface area contributed by atoms with Crippen LogP contribution in [0.25, 0.3) is 0 Å². The molecule has 2 atom stereocenters. The summed E-state index contributed by atoms with van der Waals surface area (Å²) in [7, 11) is -3.95. The van der Waals surface area contributed by atoms with Gasteiger partial charge in [-0.1, -0.05) is 54.1 Å². The van der Waals surface area contributed by atoms with Gasteiger partial charge in [0.2, 0.25) is 5.79 Å². The Kier molecular flexibility index (Phi) is 6.68. The Balaban J connectivity index is 1.52. The van der Waals surface area contributed by atoms with Gasteiger partial charge in [-0.3, -0.25) is 14.1 Å². The minimum absolute atomic E-state index is 0.0857. The van der Waals surface area contributed by atoms with Gasteiger partial charge in [0.1, 0.15) is 0 Å². The molecule has 0 amide bonds. The number of aromatic nitrogens is 1. The first-order valence-electron chi connectivity index (χ1n) is 10.4. The van der Waals surface area contributed by atoms with E-state index in [1.165, 1.54) is 12.1 Å². The summed E-state index contributed by atoms with van der Waals surface area (Å²) in [6, 6.07) is 19.8. The second-order valence-electron chi connectivity index (χ2n) is 7.97. The van der Waals surface area contributed by atoms with Gasteiger partial charge in [-0.15, -0.1) is 0 Å². The highest BCUT2D eigenvalue weighted by atomic mass is 32.2. The minimum Gasteiger partial charge on any atom is -0.361 e. The Morgan fingerprint density at radius 3 is 2.56 bits per heavy atom. The molecule has 1 N–H and O–H groups in total. The Labute approximate surface area is 188 Å². The van der Waals surface area contributed by atoms with Crippen LogP contribution in [0.1, 0.15) is 16.7 Å². The topological polar surface area (TPSA) is 89.0 Å². The smallest absolute Gasteiger partial charge is 0.297 e. The maximum Gasteiger partial charge on any atom is 0.297 e. The summed E-state index contributed by atoms with van der Waals surface area (Å²) >= 11 is 0. The normalized spacial score (nSPS) is 22.0. The molecule has 0 aliphatic carbocycles. The van der Waals surface area contributed by atoms with E-state index in [-0.39, 0.29) is 18.0 Å². The number of β-amino-alcohol motifs (C(OH)–C–C–N with tert-alkyl or cyclic N) is 1. The van der Waals surface area contributed by atoms with Crippen molar-refractivity contribution < 1.29 is 22.4 Å². The first kappa shape index (κ1) is 22.6. The number of pyridine rings is 1. The highest BCUT2D eigenvalue weighted by Crippen LogP contribution is 2.30. The number of morpholine rings is 1. The molecule has 7 nitrogen and oxygen atoms in total. The number of aliphatic hydroxyl groups is 1. The molecule has 1 aromatic heterocycles. The molecule has 4 rings (SSSR count). The van der Waals surface area contributed by atoms with E-state index in [4.69, 9.17) is 8.92 Å². The number of nitrogens with zero attached hydrogens (tertiary/aromatic N) is 2. The first-order valence-corrected chi connectivity index (χ1v) is 11.8. The predicted molar refractivity (Wildman–Crippen MR) is 119 cm³/mol. The number of hydrogen-bond acceptors (Lipinski definition) is 7. The van der Waals surface area contributed by atoms with Gasteiger partial charge in [0, 0.05) is 31.0 Å². The van der Waals surface area contributed by atoms with Crippen molar-refractivity contribution in [2.45, 2.75) is 30.3 Å². The molecule has 3 aromatic rings. The number of benzene rings is 2. The van der Waals surface area contributed by atoms with Crippen molar-refractivity contribution in [2.75, 3.05) is 19.7 Å². The lowest BCUT2D eigenvalue weighted by Gasteiger charge is -2.43. The summed E-state index contributed by atoms with van der Waals surface area (Å²) in [4.78, 5) is 6.20. The van der Waals surface area contributed by atoms with Crippen LogP contribution in [0.2, 0.25) is 0 Å². The SMILES string of the molecule is Cc1ccc(S(=O)(=O)OCC2CN(Cc3ccccc3)CC(O)(c3cccnc3)O2)cc1. The van der Waals surface area contributed by atoms with Crippen LogP contribution in [0.3, 0.4) is 0 Å². The van der Waals surface area contributed by atoms with Gasteiger partial charge in [0.05, 0.1) is 24.2 Å². The van der Waals surface area contributed by atoms with Gasteiger partial charge >= 0.3 is 0 Å². The fourth-order valence-corrected chi connectivity index (χ4v) is 4.68. The number of ether oxygens (including phenoxy) is 1. The van der Waals surface area contributed by atoms with E-state index in [1.54, 1.807) is 36.7 Å². The molecule has 168 valence electrons. The second-order valence-corrected chi connectivity index (χ2v) is 9.59. The van der Waals surface area contributed by atoms with Crippen LogP contribution < -0.4 is 0 Å². The number of hydrogen-bond donors (Lipinski definition) is 1. The average molecular weight is 455 g/mol. The van der Waals surface area contributed by atoms with Crippen LogP contribution in [-0.2, 0) is 31.4 Å². The van der Waals surface area contributed by atoms with Gasteiger partial charge in [-0.05, 0) is 30.7 Å². The third kappa shape index (κ3) is 5.40. The summed E-state index contributed by atoms with van der Waals surface area (Å²) in [6.45, 7) is 2.86. The molecule has 2 aromatic carbocycles. The van der Waals surface area contributed by atoms with E-state index >= 15 is 0 Å². The molecular weight excluding hydrogens is 428 g/mol. The summed E-state index contributed by atoms with van der Waals surface area (Å²) < 4.78 is 36.5. The molecular formula is C24H26N2O5S. The van der Waals surface area contributed by atoms with Gasteiger partial charge in [0.15, 0.2) is 0 Å². The number of rotatable bonds is 7. The van der Waals surface area contributed by atoms with E-state index < -0.39 is 22.0 Å². The van der Waals surface area contributed by atoms with E-state index in [1.807, 2.05) is 42.2 Å². The fourth-order valence-electron chi connectivity index (χ4n) is 3.75. The van der Waals surface area contributed by atoms with Crippen molar-refractivity contribution >= 4 is 10.1 Å². The van der Waals surface area contributed by atoms with Crippen molar-refractivity contribution in [2.24, 2.45) is 0 Å². The second kappa shape index (κ2) is 9.48. The molecule has 0 spiro atoms. The highest BCUT2D eigenvalue weighted by Gasteiger charge is 2.41. The Hall–Kier alpha value is -2.62. The first-order chi connectivity index (χ1) is 15.3. The number of aryl methyl sites for hydroxylation is 1. The van der Waals surface area contributed by atoms with Crippen LogP contribution in [0.5, 0.6) is 0 Å². The van der Waals surface area contributed by atoms with Gasteiger partial charge in [-0.25, -0.2) is 0 Å². The summed E-state index contributed by atoms with van der Waals surface area (Å²) in [5, 5.41) is 11.3. The summed E-state index contributed by atoms with van der Waals surface area (Å²) in [5.41, 5.74) is 2.54. The Morgan fingerprint density at radius 2 is 1.88 bits per heavy atom. The van der Waals surface area contributed by atoms with Gasteiger partial charge in [-0.2, -0.15) is 8.42 Å². The quantitative estimate of drug-likeness (QED) is 0.549. The third-order valence-corrected chi connectivity index (χ3v) is 6.64. The average Bonchev–Trinajstić information content (AvgIpc) is 2.79. The van der Waals surface area contributed by atoms with Crippen LogP contribution in [0.15, 0.2) is 84.0 Å². The lowest BCUT2D eigenvalue weighted by atomic mass is 10.0. The zero-order chi connectivity index (χ0) is 22.6. The molecule has 0 bridgehead atoms.